The van der Waals surface area contributed by atoms with Gasteiger partial charge in [0, 0.05) is 22.3 Å². The first kappa shape index (κ1) is 13.0. The third kappa shape index (κ3) is 3.54. The van der Waals surface area contributed by atoms with Crippen LogP contribution in [0.25, 0.3) is 0 Å². The summed E-state index contributed by atoms with van der Waals surface area (Å²) < 4.78 is 12.1. The van der Waals surface area contributed by atoms with E-state index in [2.05, 4.69) is 50.2 Å². The van der Waals surface area contributed by atoms with E-state index in [-0.39, 0.29) is 0 Å². The first-order chi connectivity index (χ1) is 8.65. The van der Waals surface area contributed by atoms with E-state index in [1.807, 2.05) is 12.1 Å². The van der Waals surface area contributed by atoms with Gasteiger partial charge in [-0.15, -0.1) is 0 Å². The number of rotatable bonds is 4. The molecule has 0 bridgehead atoms. The minimum absolute atomic E-state index is 0.634. The minimum atomic E-state index is -0.839. The van der Waals surface area contributed by atoms with Crippen molar-refractivity contribution in [3.63, 3.8) is 0 Å². The van der Waals surface area contributed by atoms with Crippen LogP contribution >= 0.6 is 0 Å². The van der Waals surface area contributed by atoms with Crippen LogP contribution < -0.4 is 0 Å². The Balaban J connectivity index is 2.01. The van der Waals surface area contributed by atoms with Crippen LogP contribution in [0.3, 0.4) is 0 Å². The molecule has 0 unspecified atom stereocenters. The zero-order valence-electron chi connectivity index (χ0n) is 10.8. The van der Waals surface area contributed by atoms with Crippen molar-refractivity contribution in [1.29, 1.82) is 0 Å². The second kappa shape index (κ2) is 5.96. The third-order valence-corrected chi connectivity index (χ3v) is 4.31. The molecule has 0 aliphatic rings. The predicted molar refractivity (Wildman–Crippen MR) is 77.9 cm³/mol. The van der Waals surface area contributed by atoms with Gasteiger partial charge >= 0.3 is 0 Å². The summed E-state index contributed by atoms with van der Waals surface area (Å²) in [4.78, 5) is 0. The molecule has 2 rings (SSSR count). The standard InChI is InChI=1S/C16H18OS/c1-13-7-9-15(10-8-13)11-18(17)12-16-6-4-3-5-14(16)2/h3-10H,11-12H2,1-2H3/t18-/m1/s1. The molecule has 0 amide bonds. The summed E-state index contributed by atoms with van der Waals surface area (Å²) in [5.74, 6) is 1.27. The maximum Gasteiger partial charge on any atom is 0.0491 e. The summed E-state index contributed by atoms with van der Waals surface area (Å²) in [6.45, 7) is 4.13. The molecule has 0 saturated carbocycles. The maximum atomic E-state index is 12.1. The monoisotopic (exact) mass is 258 g/mol. The lowest BCUT2D eigenvalue weighted by Gasteiger charge is -2.06. The number of aryl methyl sites for hydroxylation is 2. The first-order valence-corrected chi connectivity index (χ1v) is 7.59. The largest absolute Gasteiger partial charge is 0.259 e. The van der Waals surface area contributed by atoms with E-state index in [9.17, 15) is 4.21 Å². The molecule has 1 atom stereocenters. The van der Waals surface area contributed by atoms with Crippen LogP contribution in [-0.2, 0) is 22.3 Å². The normalized spacial score (nSPS) is 12.3. The zero-order valence-corrected chi connectivity index (χ0v) is 11.7. The zero-order chi connectivity index (χ0) is 13.0. The Labute approximate surface area is 111 Å². The number of hydrogen-bond donors (Lipinski definition) is 0. The Morgan fingerprint density at radius 2 is 1.56 bits per heavy atom. The fourth-order valence-electron chi connectivity index (χ4n) is 1.87. The van der Waals surface area contributed by atoms with Crippen LogP contribution in [0, 0.1) is 13.8 Å². The highest BCUT2D eigenvalue weighted by atomic mass is 32.2. The fourth-order valence-corrected chi connectivity index (χ4v) is 3.20. The quantitative estimate of drug-likeness (QED) is 0.816. The van der Waals surface area contributed by atoms with Gasteiger partial charge in [0.25, 0.3) is 0 Å². The van der Waals surface area contributed by atoms with E-state index in [4.69, 9.17) is 0 Å². The van der Waals surface area contributed by atoms with Crippen LogP contribution in [0.1, 0.15) is 22.3 Å². The van der Waals surface area contributed by atoms with E-state index < -0.39 is 10.8 Å². The first-order valence-electron chi connectivity index (χ1n) is 6.10. The van der Waals surface area contributed by atoms with Crippen LogP contribution in [0.4, 0.5) is 0 Å². The Bertz CT molecular complexity index is 543. The molecule has 2 aromatic rings. The highest BCUT2D eigenvalue weighted by Crippen LogP contribution is 2.13. The van der Waals surface area contributed by atoms with E-state index in [0.29, 0.717) is 11.5 Å². The van der Waals surface area contributed by atoms with Gasteiger partial charge in [-0.2, -0.15) is 0 Å². The van der Waals surface area contributed by atoms with Crippen molar-refractivity contribution in [1.82, 2.24) is 0 Å². The average Bonchev–Trinajstić information content (AvgIpc) is 2.35. The summed E-state index contributed by atoms with van der Waals surface area (Å²) >= 11 is 0. The summed E-state index contributed by atoms with van der Waals surface area (Å²) in [5, 5.41) is 0. The van der Waals surface area contributed by atoms with Crippen molar-refractivity contribution < 1.29 is 4.21 Å². The topological polar surface area (TPSA) is 17.1 Å². The summed E-state index contributed by atoms with van der Waals surface area (Å²) in [7, 11) is -0.839. The lowest BCUT2D eigenvalue weighted by molar-refractivity contribution is 0.682. The maximum absolute atomic E-state index is 12.1. The molecule has 0 radical (unpaired) electrons. The predicted octanol–water partition coefficient (Wildman–Crippen LogP) is 3.75. The molecule has 0 spiro atoms. The van der Waals surface area contributed by atoms with E-state index in [0.717, 1.165) is 5.56 Å². The number of benzene rings is 2. The van der Waals surface area contributed by atoms with Gasteiger partial charge in [-0.25, -0.2) is 0 Å². The van der Waals surface area contributed by atoms with Gasteiger partial charge in [-0.1, -0.05) is 54.1 Å². The molecule has 0 aliphatic heterocycles. The molecule has 0 heterocycles. The molecule has 1 nitrogen and oxygen atoms in total. The Morgan fingerprint density at radius 3 is 2.22 bits per heavy atom. The summed E-state index contributed by atoms with van der Waals surface area (Å²) in [5.41, 5.74) is 4.79. The van der Waals surface area contributed by atoms with Gasteiger partial charge in [-0.05, 0) is 30.5 Å². The van der Waals surface area contributed by atoms with Crippen LogP contribution in [-0.4, -0.2) is 4.21 Å². The van der Waals surface area contributed by atoms with Crippen LogP contribution in [0.15, 0.2) is 48.5 Å². The molecule has 0 N–H and O–H groups in total. The van der Waals surface area contributed by atoms with E-state index >= 15 is 0 Å². The highest BCUT2D eigenvalue weighted by molar-refractivity contribution is 7.83. The molecule has 94 valence electrons. The molecule has 0 saturated heterocycles. The Morgan fingerprint density at radius 1 is 0.889 bits per heavy atom. The lowest BCUT2D eigenvalue weighted by atomic mass is 10.1. The molecule has 0 fully saturated rings. The van der Waals surface area contributed by atoms with Gasteiger partial charge in [-0.3, -0.25) is 4.21 Å². The van der Waals surface area contributed by atoms with Gasteiger partial charge < -0.3 is 0 Å². The number of hydrogen-bond acceptors (Lipinski definition) is 1. The minimum Gasteiger partial charge on any atom is -0.259 e. The van der Waals surface area contributed by atoms with Gasteiger partial charge in [0.2, 0.25) is 0 Å². The molecular formula is C16H18OS. The van der Waals surface area contributed by atoms with Gasteiger partial charge in [0.1, 0.15) is 0 Å². The second-order valence-electron chi connectivity index (χ2n) is 4.64. The van der Waals surface area contributed by atoms with Gasteiger partial charge in [0.15, 0.2) is 0 Å². The second-order valence-corrected chi connectivity index (χ2v) is 6.10. The SMILES string of the molecule is Cc1ccc(C[S@@](=O)Cc2ccccc2C)cc1. The van der Waals surface area contributed by atoms with Crippen molar-refractivity contribution in [3.8, 4) is 0 Å². The Hall–Kier alpha value is -1.41. The van der Waals surface area contributed by atoms with E-state index in [1.54, 1.807) is 0 Å². The molecule has 0 aromatic heterocycles. The molecule has 2 heteroatoms. The average molecular weight is 258 g/mol. The molecular weight excluding hydrogens is 240 g/mol. The van der Waals surface area contributed by atoms with Crippen molar-refractivity contribution >= 4 is 10.8 Å². The fraction of sp³-hybridized carbons (Fsp3) is 0.250. The van der Waals surface area contributed by atoms with Crippen molar-refractivity contribution in [3.05, 3.63) is 70.8 Å². The highest BCUT2D eigenvalue weighted by Gasteiger charge is 2.05. The third-order valence-electron chi connectivity index (χ3n) is 3.03. The van der Waals surface area contributed by atoms with Crippen LogP contribution in [0.2, 0.25) is 0 Å². The van der Waals surface area contributed by atoms with Crippen molar-refractivity contribution in [2.24, 2.45) is 0 Å². The smallest absolute Gasteiger partial charge is 0.0491 e. The summed E-state index contributed by atoms with van der Waals surface area (Å²) in [6.07, 6.45) is 0. The van der Waals surface area contributed by atoms with Crippen LogP contribution in [0.5, 0.6) is 0 Å². The van der Waals surface area contributed by atoms with E-state index in [1.165, 1.54) is 16.7 Å². The van der Waals surface area contributed by atoms with Crippen molar-refractivity contribution in [2.45, 2.75) is 25.4 Å². The van der Waals surface area contributed by atoms with Gasteiger partial charge in [0.05, 0.1) is 0 Å². The molecule has 0 aliphatic carbocycles. The Kier molecular flexibility index (Phi) is 4.32. The van der Waals surface area contributed by atoms with Crippen molar-refractivity contribution in [2.75, 3.05) is 0 Å². The lowest BCUT2D eigenvalue weighted by Crippen LogP contribution is -2.01. The molecule has 2 aromatic carbocycles. The summed E-state index contributed by atoms with van der Waals surface area (Å²) in [6, 6.07) is 16.4. The molecule has 18 heavy (non-hydrogen) atoms.